The van der Waals surface area contributed by atoms with Crippen molar-refractivity contribution in [2.24, 2.45) is 0 Å². The predicted octanol–water partition coefficient (Wildman–Crippen LogP) is 2.23. The molecule has 110 valence electrons. The first-order chi connectivity index (χ1) is 10.2. The van der Waals surface area contributed by atoms with Crippen LogP contribution in [0.3, 0.4) is 0 Å². The minimum absolute atomic E-state index is 0.201. The average molecular weight is 287 g/mol. The van der Waals surface area contributed by atoms with Crippen LogP contribution < -0.4 is 5.32 Å². The molecular formula is C16H18FN3O. The monoisotopic (exact) mass is 287 g/mol. The van der Waals surface area contributed by atoms with Gasteiger partial charge in [0.1, 0.15) is 17.2 Å². The van der Waals surface area contributed by atoms with E-state index >= 15 is 0 Å². The zero-order chi connectivity index (χ0) is 14.4. The molecule has 1 saturated heterocycles. The summed E-state index contributed by atoms with van der Waals surface area (Å²) in [6.45, 7) is 1.86. The molecule has 2 N–H and O–H groups in total. The number of halogens is 1. The number of hydrogen-bond donors (Lipinski definition) is 2. The summed E-state index contributed by atoms with van der Waals surface area (Å²) >= 11 is 0. The molecule has 4 nitrogen and oxygen atoms in total. The van der Waals surface area contributed by atoms with E-state index in [0.29, 0.717) is 19.3 Å². The highest BCUT2D eigenvalue weighted by atomic mass is 19.1. The number of aromatic amines is 1. The van der Waals surface area contributed by atoms with Crippen molar-refractivity contribution in [1.29, 1.82) is 0 Å². The molecule has 3 heterocycles. The fourth-order valence-corrected chi connectivity index (χ4v) is 3.76. The summed E-state index contributed by atoms with van der Waals surface area (Å²) in [5.74, 6) is 0.292. The molecule has 0 amide bonds. The van der Waals surface area contributed by atoms with Crippen LogP contribution in [0.4, 0.5) is 4.39 Å². The number of aromatic nitrogens is 2. The molecule has 0 saturated carbocycles. The molecule has 5 heteroatoms. The molecule has 2 aliphatic rings. The molecule has 21 heavy (non-hydrogen) atoms. The van der Waals surface area contributed by atoms with Crippen molar-refractivity contribution in [3.63, 3.8) is 0 Å². The number of carbonyl (C=O) groups excluding carboxylic acids is 1. The molecule has 0 radical (unpaired) electrons. The number of rotatable bonds is 1. The van der Waals surface area contributed by atoms with Gasteiger partial charge in [-0.2, -0.15) is 0 Å². The maximum atomic E-state index is 14.5. The minimum Gasteiger partial charge on any atom is -0.343 e. The van der Waals surface area contributed by atoms with Gasteiger partial charge in [0.05, 0.1) is 6.20 Å². The topological polar surface area (TPSA) is 57.8 Å². The van der Waals surface area contributed by atoms with Crippen LogP contribution >= 0.6 is 0 Å². The fraction of sp³-hybridized carbons (Fsp3) is 0.500. The van der Waals surface area contributed by atoms with Crippen molar-refractivity contribution in [2.75, 3.05) is 13.1 Å². The minimum atomic E-state index is -0.201. The number of nitrogens with one attached hydrogen (secondary N) is 2. The van der Waals surface area contributed by atoms with Gasteiger partial charge < -0.3 is 10.3 Å². The summed E-state index contributed by atoms with van der Waals surface area (Å²) in [6, 6.07) is 0. The Bertz CT molecular complexity index is 716. The number of hydrogen-bond acceptors (Lipinski definition) is 3. The lowest BCUT2D eigenvalue weighted by Crippen LogP contribution is -2.27. The maximum Gasteiger partial charge on any atom is 0.145 e. The molecule has 0 unspecified atom stereocenters. The van der Waals surface area contributed by atoms with Crippen LogP contribution in [0.15, 0.2) is 6.20 Å². The maximum absolute atomic E-state index is 14.5. The van der Waals surface area contributed by atoms with Gasteiger partial charge in [-0.15, -0.1) is 0 Å². The second kappa shape index (κ2) is 4.91. The number of H-pyrrole nitrogens is 1. The number of piperidine rings is 1. The number of aryl methyl sites for hydroxylation is 1. The predicted molar refractivity (Wildman–Crippen MR) is 77.9 cm³/mol. The lowest BCUT2D eigenvalue weighted by atomic mass is 9.85. The Balaban J connectivity index is 1.92. The quantitative estimate of drug-likeness (QED) is 0.845. The zero-order valence-corrected chi connectivity index (χ0v) is 11.8. The van der Waals surface area contributed by atoms with Crippen LogP contribution in [0.1, 0.15) is 42.0 Å². The Morgan fingerprint density at radius 1 is 1.24 bits per heavy atom. The summed E-state index contributed by atoms with van der Waals surface area (Å²) in [4.78, 5) is 19.1. The van der Waals surface area contributed by atoms with E-state index in [2.05, 4.69) is 15.3 Å². The first-order valence-electron chi connectivity index (χ1n) is 7.64. The Kier molecular flexibility index (Phi) is 3.03. The Morgan fingerprint density at radius 3 is 2.86 bits per heavy atom. The largest absolute Gasteiger partial charge is 0.343 e. The molecule has 4 rings (SSSR count). The van der Waals surface area contributed by atoms with Crippen molar-refractivity contribution in [2.45, 2.75) is 38.0 Å². The molecule has 1 aliphatic carbocycles. The summed E-state index contributed by atoms with van der Waals surface area (Å²) in [6.07, 6.45) is 4.92. The third kappa shape index (κ3) is 2.07. The van der Waals surface area contributed by atoms with Gasteiger partial charge in [-0.3, -0.25) is 4.79 Å². The van der Waals surface area contributed by atoms with Crippen molar-refractivity contribution in [1.82, 2.24) is 15.3 Å². The van der Waals surface area contributed by atoms with Crippen LogP contribution in [-0.2, 0) is 17.6 Å². The van der Waals surface area contributed by atoms with Gasteiger partial charge >= 0.3 is 0 Å². The fourth-order valence-electron chi connectivity index (χ4n) is 3.76. The number of pyridine rings is 1. The SMILES string of the molecule is O=C1CCc2c([nH]c3ncc(F)c(C4CCNCC4)c23)C1. The van der Waals surface area contributed by atoms with Gasteiger partial charge in [-0.05, 0) is 43.8 Å². The van der Waals surface area contributed by atoms with Gasteiger partial charge in [0.25, 0.3) is 0 Å². The van der Waals surface area contributed by atoms with Gasteiger partial charge in [-0.25, -0.2) is 9.37 Å². The standard InChI is InChI=1S/C16H18FN3O/c17-12-8-19-16-15(14(12)9-3-5-18-6-4-9)11-2-1-10(21)7-13(11)20-16/h8-9,18H,1-7H2,(H,19,20). The Morgan fingerprint density at radius 2 is 2.05 bits per heavy atom. The van der Waals surface area contributed by atoms with E-state index in [1.807, 2.05) is 0 Å². The molecule has 0 bridgehead atoms. The number of Topliss-reactive ketones (excluding diaryl/α,β-unsaturated/α-hetero) is 1. The van der Waals surface area contributed by atoms with Gasteiger partial charge in [-0.1, -0.05) is 0 Å². The molecule has 0 atom stereocenters. The number of nitrogens with zero attached hydrogens (tertiary/aromatic N) is 1. The lowest BCUT2D eigenvalue weighted by molar-refractivity contribution is -0.118. The van der Waals surface area contributed by atoms with E-state index in [1.54, 1.807) is 0 Å². The van der Waals surface area contributed by atoms with E-state index in [-0.39, 0.29) is 17.5 Å². The van der Waals surface area contributed by atoms with Crippen LogP contribution in [0.5, 0.6) is 0 Å². The van der Waals surface area contributed by atoms with E-state index in [1.165, 1.54) is 6.20 Å². The van der Waals surface area contributed by atoms with Crippen molar-refractivity contribution in [3.05, 3.63) is 28.8 Å². The lowest BCUT2D eigenvalue weighted by Gasteiger charge is -2.24. The first kappa shape index (κ1) is 13.0. The summed E-state index contributed by atoms with van der Waals surface area (Å²) < 4.78 is 14.5. The summed E-state index contributed by atoms with van der Waals surface area (Å²) in [5.41, 5.74) is 3.61. The number of fused-ring (bicyclic) bond motifs is 3. The van der Waals surface area contributed by atoms with Gasteiger partial charge in [0.2, 0.25) is 0 Å². The van der Waals surface area contributed by atoms with Crippen molar-refractivity contribution < 1.29 is 9.18 Å². The third-order valence-corrected chi connectivity index (χ3v) is 4.78. The molecule has 2 aromatic heterocycles. The van der Waals surface area contributed by atoms with E-state index in [9.17, 15) is 9.18 Å². The van der Waals surface area contributed by atoms with Gasteiger partial charge in [0.15, 0.2) is 0 Å². The number of ketones is 1. The van der Waals surface area contributed by atoms with Crippen LogP contribution in [0.25, 0.3) is 11.0 Å². The van der Waals surface area contributed by atoms with E-state index in [0.717, 1.165) is 53.8 Å². The molecule has 1 fully saturated rings. The first-order valence-corrected chi connectivity index (χ1v) is 7.64. The second-order valence-corrected chi connectivity index (χ2v) is 6.07. The van der Waals surface area contributed by atoms with Crippen molar-refractivity contribution in [3.8, 4) is 0 Å². The second-order valence-electron chi connectivity index (χ2n) is 6.07. The molecular weight excluding hydrogens is 269 g/mol. The van der Waals surface area contributed by atoms with Crippen molar-refractivity contribution >= 4 is 16.8 Å². The smallest absolute Gasteiger partial charge is 0.145 e. The van der Waals surface area contributed by atoms with Crippen LogP contribution in [0.2, 0.25) is 0 Å². The summed E-state index contributed by atoms with van der Waals surface area (Å²) in [7, 11) is 0. The highest BCUT2D eigenvalue weighted by Gasteiger charge is 2.27. The Labute approximate surface area is 122 Å². The number of carbonyl (C=O) groups is 1. The van der Waals surface area contributed by atoms with Crippen LogP contribution in [-0.4, -0.2) is 28.8 Å². The molecule has 2 aromatic rings. The van der Waals surface area contributed by atoms with Crippen LogP contribution in [0, 0.1) is 5.82 Å². The third-order valence-electron chi connectivity index (χ3n) is 4.78. The van der Waals surface area contributed by atoms with E-state index < -0.39 is 0 Å². The molecule has 1 aliphatic heterocycles. The zero-order valence-electron chi connectivity index (χ0n) is 11.8. The normalized spacial score (nSPS) is 20.0. The Hall–Kier alpha value is -1.75. The molecule has 0 spiro atoms. The highest BCUT2D eigenvalue weighted by molar-refractivity contribution is 5.91. The van der Waals surface area contributed by atoms with E-state index in [4.69, 9.17) is 0 Å². The van der Waals surface area contributed by atoms with Gasteiger partial charge in [0, 0.05) is 29.5 Å². The highest BCUT2D eigenvalue weighted by Crippen LogP contribution is 2.37. The molecule has 0 aromatic carbocycles. The summed E-state index contributed by atoms with van der Waals surface area (Å²) in [5, 5.41) is 4.27. The average Bonchev–Trinajstić information content (AvgIpc) is 2.85.